The molecule has 3 aromatic carbocycles. The van der Waals surface area contributed by atoms with Crippen molar-refractivity contribution in [1.82, 2.24) is 4.98 Å². The van der Waals surface area contributed by atoms with Crippen LogP contribution in [-0.4, -0.2) is 15.8 Å². The molecule has 0 radical (unpaired) electrons. The predicted molar refractivity (Wildman–Crippen MR) is 165 cm³/mol. The zero-order valence-corrected chi connectivity index (χ0v) is 24.0. The summed E-state index contributed by atoms with van der Waals surface area (Å²) in [4.78, 5) is 4.77. The normalized spacial score (nSPS) is 15.7. The molecular weight excluding hydrogens is 506 g/mol. The van der Waals surface area contributed by atoms with Crippen molar-refractivity contribution in [2.24, 2.45) is 5.41 Å². The van der Waals surface area contributed by atoms with Gasteiger partial charge in [0, 0.05) is 15.7 Å². The minimum absolute atomic E-state index is 0.400. The van der Waals surface area contributed by atoms with Gasteiger partial charge < -0.3 is 5.11 Å². The van der Waals surface area contributed by atoms with Gasteiger partial charge in [-0.25, -0.2) is 4.98 Å². The van der Waals surface area contributed by atoms with Gasteiger partial charge in [-0.15, -0.1) is 0 Å². The minimum Gasteiger partial charge on any atom is -0.386 e. The molecular formula is C34H36ClNOS. The van der Waals surface area contributed by atoms with Gasteiger partial charge in [-0.3, -0.25) is 0 Å². The Balaban J connectivity index is 1.36. The molecule has 38 heavy (non-hydrogen) atoms. The van der Waals surface area contributed by atoms with Gasteiger partial charge in [0.2, 0.25) is 0 Å². The first-order chi connectivity index (χ1) is 18.2. The van der Waals surface area contributed by atoms with E-state index in [0.717, 1.165) is 35.0 Å². The van der Waals surface area contributed by atoms with Gasteiger partial charge in [0.05, 0.1) is 16.8 Å². The predicted octanol–water partition coefficient (Wildman–Crippen LogP) is 9.49. The zero-order valence-electron chi connectivity index (χ0n) is 22.5. The van der Waals surface area contributed by atoms with Crippen LogP contribution in [0.1, 0.15) is 73.2 Å². The molecule has 196 valence electrons. The molecule has 1 N–H and O–H groups in total. The second-order valence-corrected chi connectivity index (χ2v) is 13.1. The fourth-order valence-electron chi connectivity index (χ4n) is 4.87. The summed E-state index contributed by atoms with van der Waals surface area (Å²) in [5.74, 6) is 1.19. The Hall–Kier alpha value is -2.59. The maximum atomic E-state index is 10.7. The second-order valence-electron chi connectivity index (χ2n) is 11.4. The smallest absolute Gasteiger partial charge is 0.0843 e. The fourth-order valence-corrected chi connectivity index (χ4v) is 6.55. The molecule has 0 spiro atoms. The lowest BCUT2D eigenvalue weighted by Crippen LogP contribution is -2.18. The summed E-state index contributed by atoms with van der Waals surface area (Å²) < 4.78 is 0. The van der Waals surface area contributed by atoms with E-state index in [1.807, 2.05) is 44.2 Å². The summed E-state index contributed by atoms with van der Waals surface area (Å²) in [5.41, 5.74) is 6.28. The lowest BCUT2D eigenvalue weighted by atomic mass is 9.90. The van der Waals surface area contributed by atoms with Crippen LogP contribution in [0, 0.1) is 5.41 Å². The van der Waals surface area contributed by atoms with Crippen LogP contribution in [0.2, 0.25) is 5.02 Å². The minimum atomic E-state index is -0.840. The van der Waals surface area contributed by atoms with Crippen LogP contribution >= 0.6 is 23.4 Å². The third-order valence-corrected chi connectivity index (χ3v) is 9.50. The molecule has 0 unspecified atom stereocenters. The van der Waals surface area contributed by atoms with Crippen molar-refractivity contribution < 1.29 is 5.11 Å². The number of hydrogen-bond donors (Lipinski definition) is 1. The summed E-state index contributed by atoms with van der Waals surface area (Å²) >= 11 is 8.26. The molecule has 1 atom stereocenters. The molecule has 1 fully saturated rings. The maximum absolute atomic E-state index is 10.7. The Morgan fingerprint density at radius 1 is 1.00 bits per heavy atom. The number of pyridine rings is 1. The summed E-state index contributed by atoms with van der Waals surface area (Å²) in [6.07, 6.45) is 8.87. The molecule has 5 rings (SSSR count). The number of aromatic nitrogens is 1. The maximum Gasteiger partial charge on any atom is 0.0843 e. The molecule has 0 bridgehead atoms. The first-order valence-corrected chi connectivity index (χ1v) is 14.9. The number of benzene rings is 3. The van der Waals surface area contributed by atoms with E-state index >= 15 is 0 Å². The largest absolute Gasteiger partial charge is 0.386 e. The molecule has 1 aliphatic carbocycles. The average Bonchev–Trinajstić information content (AvgIpc) is 3.64. The van der Waals surface area contributed by atoms with Gasteiger partial charge in [0.15, 0.2) is 0 Å². The van der Waals surface area contributed by atoms with Gasteiger partial charge in [-0.1, -0.05) is 85.3 Å². The van der Waals surface area contributed by atoms with Crippen molar-refractivity contribution >= 4 is 46.4 Å². The summed E-state index contributed by atoms with van der Waals surface area (Å²) in [6.45, 7) is 6.16. The van der Waals surface area contributed by atoms with Crippen molar-refractivity contribution in [2.75, 3.05) is 5.75 Å². The van der Waals surface area contributed by atoms with E-state index < -0.39 is 5.60 Å². The van der Waals surface area contributed by atoms with Crippen LogP contribution < -0.4 is 0 Å². The highest BCUT2D eigenvalue weighted by Gasteiger charge is 2.37. The van der Waals surface area contributed by atoms with Gasteiger partial charge in [-0.05, 0) is 97.2 Å². The molecule has 0 aliphatic heterocycles. The Bertz CT molecular complexity index is 1450. The van der Waals surface area contributed by atoms with Crippen molar-refractivity contribution in [3.05, 3.63) is 112 Å². The third-order valence-electron chi connectivity index (χ3n) is 7.49. The Kier molecular flexibility index (Phi) is 8.00. The standard InChI is InChI=1S/C34H36ClNOS/c1-33(2,37)30-10-5-4-8-25(30)14-18-32(38-23-34(3)19-20-34)27-9-6-7-24(21-27)11-16-29-17-13-26-12-15-28(35)22-31(26)36-29/h4-13,15-17,21-22,32,37H,14,18-20,23H2,1-3H3/t32-/m1/s1. The Morgan fingerprint density at radius 2 is 1.79 bits per heavy atom. The first kappa shape index (κ1) is 27.0. The number of hydrogen-bond acceptors (Lipinski definition) is 3. The van der Waals surface area contributed by atoms with Crippen LogP contribution in [0.5, 0.6) is 0 Å². The SMILES string of the molecule is CC1(CS[C@H](CCc2ccccc2C(C)(C)O)c2cccc(C=Cc3ccc4ccc(Cl)cc4n3)c2)CC1. The number of rotatable bonds is 10. The van der Waals surface area contributed by atoms with Crippen molar-refractivity contribution in [1.29, 1.82) is 0 Å². The molecule has 1 heterocycles. The summed E-state index contributed by atoms with van der Waals surface area (Å²) in [6, 6.07) is 27.2. The lowest BCUT2D eigenvalue weighted by Gasteiger charge is -2.24. The number of fused-ring (bicyclic) bond motifs is 1. The zero-order chi connectivity index (χ0) is 26.8. The number of aryl methyl sites for hydroxylation is 1. The van der Waals surface area contributed by atoms with E-state index in [4.69, 9.17) is 16.6 Å². The topological polar surface area (TPSA) is 33.1 Å². The fraction of sp³-hybridized carbons (Fsp3) is 0.324. The molecule has 1 saturated carbocycles. The highest BCUT2D eigenvalue weighted by Crippen LogP contribution is 2.50. The highest BCUT2D eigenvalue weighted by atomic mass is 35.5. The summed E-state index contributed by atoms with van der Waals surface area (Å²) in [7, 11) is 0. The number of nitrogens with zero attached hydrogens (tertiary/aromatic N) is 1. The molecule has 4 heteroatoms. The molecule has 1 aliphatic rings. The van der Waals surface area contributed by atoms with Gasteiger partial charge in [-0.2, -0.15) is 11.8 Å². The molecule has 2 nitrogen and oxygen atoms in total. The van der Waals surface area contributed by atoms with Crippen molar-refractivity contribution in [2.45, 2.75) is 57.3 Å². The molecule has 4 aromatic rings. The number of aliphatic hydroxyl groups is 1. The average molecular weight is 542 g/mol. The van der Waals surface area contributed by atoms with Crippen LogP contribution in [0.25, 0.3) is 23.1 Å². The van der Waals surface area contributed by atoms with Crippen LogP contribution in [0.4, 0.5) is 0 Å². The summed E-state index contributed by atoms with van der Waals surface area (Å²) in [5, 5.41) is 12.9. The lowest BCUT2D eigenvalue weighted by molar-refractivity contribution is 0.0776. The van der Waals surface area contributed by atoms with E-state index in [0.29, 0.717) is 15.7 Å². The van der Waals surface area contributed by atoms with Gasteiger partial charge >= 0.3 is 0 Å². The highest BCUT2D eigenvalue weighted by molar-refractivity contribution is 7.99. The van der Waals surface area contributed by atoms with E-state index in [2.05, 4.69) is 79.4 Å². The van der Waals surface area contributed by atoms with Crippen molar-refractivity contribution in [3.8, 4) is 0 Å². The molecule has 1 aromatic heterocycles. The number of halogens is 1. The van der Waals surface area contributed by atoms with E-state index in [1.54, 1.807) is 0 Å². The van der Waals surface area contributed by atoms with E-state index in [-0.39, 0.29) is 0 Å². The molecule has 0 amide bonds. The van der Waals surface area contributed by atoms with Crippen molar-refractivity contribution in [3.63, 3.8) is 0 Å². The Morgan fingerprint density at radius 3 is 2.58 bits per heavy atom. The quantitative estimate of drug-likeness (QED) is 0.217. The van der Waals surface area contributed by atoms with Gasteiger partial charge in [0.1, 0.15) is 0 Å². The van der Waals surface area contributed by atoms with E-state index in [1.165, 1.54) is 35.3 Å². The Labute approximate surface area is 236 Å². The molecule has 0 saturated heterocycles. The van der Waals surface area contributed by atoms with Crippen LogP contribution in [0.15, 0.2) is 78.9 Å². The van der Waals surface area contributed by atoms with Gasteiger partial charge in [0.25, 0.3) is 0 Å². The second kappa shape index (κ2) is 11.3. The number of thioether (sulfide) groups is 1. The van der Waals surface area contributed by atoms with Crippen LogP contribution in [0.3, 0.4) is 0 Å². The van der Waals surface area contributed by atoms with Crippen LogP contribution in [-0.2, 0) is 12.0 Å². The monoisotopic (exact) mass is 541 g/mol. The van der Waals surface area contributed by atoms with E-state index in [9.17, 15) is 5.11 Å². The third kappa shape index (κ3) is 6.88. The first-order valence-electron chi connectivity index (χ1n) is 13.5.